The second-order valence-electron chi connectivity index (χ2n) is 7.57. The Morgan fingerprint density at radius 1 is 1.09 bits per heavy atom. The zero-order chi connectivity index (χ0) is 25.0. The molecule has 0 unspecified atom stereocenters. The van der Waals surface area contributed by atoms with Crippen molar-refractivity contribution < 1.29 is 17.9 Å². The molecule has 6 N–H and O–H groups in total. The smallest absolute Gasteiger partial charge is 0.280 e. The number of pyridine rings is 1. The lowest BCUT2D eigenvalue weighted by molar-refractivity contribution is 0.146. The van der Waals surface area contributed by atoms with Crippen LogP contribution in [-0.4, -0.2) is 33.6 Å². The Kier molecular flexibility index (Phi) is 7.57. The molecule has 0 spiro atoms. The van der Waals surface area contributed by atoms with Gasteiger partial charge in [-0.25, -0.2) is 24.0 Å². The molecule has 0 saturated carbocycles. The number of hydrogen-bond donors (Lipinski definition) is 3. The van der Waals surface area contributed by atoms with Crippen LogP contribution in [0.15, 0.2) is 47.8 Å². The number of aryl methyl sites for hydroxylation is 1. The molecule has 0 atom stereocenters. The number of rotatable bonds is 8. The van der Waals surface area contributed by atoms with E-state index in [0.29, 0.717) is 40.2 Å². The van der Waals surface area contributed by atoms with Crippen LogP contribution in [0.5, 0.6) is 5.88 Å². The third kappa shape index (κ3) is 5.54. The average molecular weight is 474 g/mol. The number of hydrogen-bond acceptors (Lipinski definition) is 8. The number of halogens is 3. The third-order valence-corrected chi connectivity index (χ3v) is 5.02. The molecular weight excluding hydrogens is 447 g/mol. The van der Waals surface area contributed by atoms with Crippen molar-refractivity contribution in [2.24, 2.45) is 11.6 Å². The fourth-order valence-electron chi connectivity index (χ4n) is 3.35. The summed E-state index contributed by atoms with van der Waals surface area (Å²) >= 11 is 0. The summed E-state index contributed by atoms with van der Waals surface area (Å²) in [4.78, 5) is 12.4. The fraction of sp³-hybridized carbons (Fsp3) is 0.261. The minimum Gasteiger partial charge on any atom is -0.471 e. The Hall–Kier alpha value is -3.86. The van der Waals surface area contributed by atoms with Crippen molar-refractivity contribution in [1.29, 1.82) is 0 Å². The van der Waals surface area contributed by atoms with Crippen LogP contribution < -0.4 is 22.0 Å². The summed E-state index contributed by atoms with van der Waals surface area (Å²) in [5.41, 5.74) is 14.4. The van der Waals surface area contributed by atoms with E-state index in [1.807, 2.05) is 6.92 Å². The van der Waals surface area contributed by atoms with Gasteiger partial charge in [0, 0.05) is 24.0 Å². The van der Waals surface area contributed by atoms with Crippen molar-refractivity contribution >= 4 is 5.95 Å². The lowest BCUT2D eigenvalue weighted by atomic mass is 9.99. The number of nitrogens with zero attached hydrogens (tertiary/aromatic N) is 4. The highest BCUT2D eigenvalue weighted by Gasteiger charge is 2.22. The topological polar surface area (TPSA) is 129 Å². The predicted molar refractivity (Wildman–Crippen MR) is 124 cm³/mol. The van der Waals surface area contributed by atoms with E-state index in [2.05, 4.69) is 15.0 Å². The normalized spacial score (nSPS) is 12.0. The molecule has 0 amide bonds. The van der Waals surface area contributed by atoms with Crippen LogP contribution in [0.3, 0.4) is 0 Å². The molecule has 0 aliphatic carbocycles. The van der Waals surface area contributed by atoms with E-state index in [0.717, 1.165) is 0 Å². The summed E-state index contributed by atoms with van der Waals surface area (Å²) in [7, 11) is 1.61. The van der Waals surface area contributed by atoms with Crippen LogP contribution in [0.4, 0.5) is 19.1 Å². The van der Waals surface area contributed by atoms with E-state index < -0.39 is 17.9 Å². The van der Waals surface area contributed by atoms with Gasteiger partial charge in [-0.1, -0.05) is 6.92 Å². The summed E-state index contributed by atoms with van der Waals surface area (Å²) in [5, 5.41) is 1.33. The summed E-state index contributed by atoms with van der Waals surface area (Å²) < 4.78 is 46.6. The molecule has 34 heavy (non-hydrogen) atoms. The standard InChI is InChI=1S/C23H26F3N7O/c1-4-16(27)18(33(3)29)11-34-22-19(14-9-12(2)30-17(10-14)21(25)26)20(31-23(28)32-22)13-5-7-15(24)8-6-13/h5-10,21H,4,11,27,29H2,1-3H3,(H2,28,31,32)/b18-16-. The van der Waals surface area contributed by atoms with Crippen LogP contribution in [0.25, 0.3) is 22.4 Å². The summed E-state index contributed by atoms with van der Waals surface area (Å²) in [5.74, 6) is 5.36. The van der Waals surface area contributed by atoms with Gasteiger partial charge >= 0.3 is 0 Å². The van der Waals surface area contributed by atoms with Gasteiger partial charge in [0.2, 0.25) is 11.8 Å². The van der Waals surface area contributed by atoms with Crippen molar-refractivity contribution in [1.82, 2.24) is 20.0 Å². The second kappa shape index (κ2) is 10.4. The first-order chi connectivity index (χ1) is 16.1. The lowest BCUT2D eigenvalue weighted by Gasteiger charge is -2.21. The maximum absolute atomic E-state index is 13.6. The van der Waals surface area contributed by atoms with Crippen LogP contribution in [0.2, 0.25) is 0 Å². The first-order valence-corrected chi connectivity index (χ1v) is 10.4. The molecule has 0 aliphatic rings. The fourth-order valence-corrected chi connectivity index (χ4v) is 3.35. The van der Waals surface area contributed by atoms with Crippen molar-refractivity contribution in [3.63, 3.8) is 0 Å². The molecule has 2 heterocycles. The number of alkyl halides is 2. The number of ether oxygens (including phenoxy) is 1. The largest absolute Gasteiger partial charge is 0.471 e. The highest BCUT2D eigenvalue weighted by atomic mass is 19.3. The minimum atomic E-state index is -2.79. The third-order valence-electron chi connectivity index (χ3n) is 5.02. The van der Waals surface area contributed by atoms with Gasteiger partial charge in [0.25, 0.3) is 6.43 Å². The van der Waals surface area contributed by atoms with Crippen LogP contribution in [-0.2, 0) is 0 Å². The molecule has 3 aromatic rings. The molecule has 0 saturated heterocycles. The Balaban J connectivity index is 2.24. The monoisotopic (exact) mass is 473 g/mol. The number of likely N-dealkylation sites (N-methyl/N-ethyl adjacent to an activating group) is 1. The highest BCUT2D eigenvalue weighted by molar-refractivity contribution is 5.85. The molecular formula is C23H26F3N7O. The van der Waals surface area contributed by atoms with E-state index in [4.69, 9.17) is 22.0 Å². The number of benzene rings is 1. The molecule has 2 aromatic heterocycles. The molecule has 11 heteroatoms. The van der Waals surface area contributed by atoms with Gasteiger partial charge in [0.05, 0.1) is 17.0 Å². The molecule has 3 rings (SSSR count). The number of hydrazine groups is 1. The quantitative estimate of drug-likeness (QED) is 0.331. The van der Waals surface area contributed by atoms with Crippen LogP contribution in [0, 0.1) is 12.7 Å². The highest BCUT2D eigenvalue weighted by Crippen LogP contribution is 2.39. The number of aromatic nitrogens is 3. The number of nitrogen functional groups attached to an aromatic ring is 1. The predicted octanol–water partition coefficient (Wildman–Crippen LogP) is 3.94. The summed E-state index contributed by atoms with van der Waals surface area (Å²) in [6.45, 7) is 3.40. The molecule has 0 radical (unpaired) electrons. The van der Waals surface area contributed by atoms with Crippen LogP contribution >= 0.6 is 0 Å². The first kappa shape index (κ1) is 24.8. The van der Waals surface area contributed by atoms with Gasteiger partial charge in [-0.2, -0.15) is 4.98 Å². The second-order valence-corrected chi connectivity index (χ2v) is 7.57. The van der Waals surface area contributed by atoms with E-state index >= 15 is 0 Å². The number of allylic oxidation sites excluding steroid dienone is 1. The molecule has 0 bridgehead atoms. The maximum atomic E-state index is 13.6. The maximum Gasteiger partial charge on any atom is 0.280 e. The average Bonchev–Trinajstić information content (AvgIpc) is 2.78. The number of nitrogens with two attached hydrogens (primary N) is 3. The van der Waals surface area contributed by atoms with Crippen molar-refractivity contribution in [3.05, 3.63) is 65.0 Å². The van der Waals surface area contributed by atoms with Gasteiger partial charge in [-0.3, -0.25) is 4.98 Å². The van der Waals surface area contributed by atoms with Crippen molar-refractivity contribution in [3.8, 4) is 28.3 Å². The van der Waals surface area contributed by atoms with E-state index in [1.165, 1.54) is 35.3 Å². The molecule has 0 fully saturated rings. The molecule has 180 valence electrons. The van der Waals surface area contributed by atoms with Crippen molar-refractivity contribution in [2.45, 2.75) is 26.7 Å². The van der Waals surface area contributed by atoms with Gasteiger partial charge < -0.3 is 21.2 Å². The molecule has 1 aromatic carbocycles. The zero-order valence-corrected chi connectivity index (χ0v) is 19.0. The minimum absolute atomic E-state index is 0.0286. The van der Waals surface area contributed by atoms with Gasteiger partial charge in [-0.15, -0.1) is 0 Å². The summed E-state index contributed by atoms with van der Waals surface area (Å²) in [6, 6.07) is 8.35. The van der Waals surface area contributed by atoms with E-state index in [9.17, 15) is 13.2 Å². The van der Waals surface area contributed by atoms with Gasteiger partial charge in [0.1, 0.15) is 18.1 Å². The van der Waals surface area contributed by atoms with E-state index in [1.54, 1.807) is 20.0 Å². The van der Waals surface area contributed by atoms with Gasteiger partial charge in [0.15, 0.2) is 0 Å². The Morgan fingerprint density at radius 3 is 2.35 bits per heavy atom. The zero-order valence-electron chi connectivity index (χ0n) is 19.0. The van der Waals surface area contributed by atoms with Crippen molar-refractivity contribution in [2.75, 3.05) is 19.4 Å². The summed E-state index contributed by atoms with van der Waals surface area (Å²) in [6.07, 6.45) is -2.27. The molecule has 8 nitrogen and oxygen atoms in total. The molecule has 0 aliphatic heterocycles. The first-order valence-electron chi connectivity index (χ1n) is 10.4. The number of anilines is 1. The Morgan fingerprint density at radius 2 is 1.76 bits per heavy atom. The lowest BCUT2D eigenvalue weighted by Crippen LogP contribution is -2.31. The van der Waals surface area contributed by atoms with Crippen LogP contribution in [0.1, 0.15) is 31.2 Å². The SMILES string of the molecule is CC/C(N)=C(\COc1nc(N)nc(-c2ccc(F)cc2)c1-c1cc(C)nc(C(F)F)c1)N(C)N. The van der Waals surface area contributed by atoms with E-state index in [-0.39, 0.29) is 24.1 Å². The van der Waals surface area contributed by atoms with Gasteiger partial charge in [-0.05, 0) is 55.3 Å². The Labute approximate surface area is 195 Å². The Bertz CT molecular complexity index is 1200.